The van der Waals surface area contributed by atoms with Gasteiger partial charge in [0, 0.05) is 0 Å². The van der Waals surface area contributed by atoms with Crippen molar-refractivity contribution in [2.75, 3.05) is 0 Å². The van der Waals surface area contributed by atoms with Gasteiger partial charge in [-0.05, 0) is 0 Å². The van der Waals surface area contributed by atoms with Gasteiger partial charge in [0.1, 0.15) is 12.8 Å². The van der Waals surface area contributed by atoms with Crippen LogP contribution in [-0.2, 0) is 19.2 Å². The fourth-order valence-corrected chi connectivity index (χ4v) is 0.434. The number of rotatable bonds is 4. The van der Waals surface area contributed by atoms with Crippen molar-refractivity contribution in [3.8, 4) is 0 Å². The molecule has 0 unspecified atom stereocenters. The van der Waals surface area contributed by atoms with E-state index in [1.165, 1.54) is 0 Å². The lowest BCUT2D eigenvalue weighted by Crippen LogP contribution is -2.16. The zero-order valence-electron chi connectivity index (χ0n) is 5.57. The summed E-state index contributed by atoms with van der Waals surface area (Å²) in [4.78, 5) is 34.3. The first-order valence-corrected chi connectivity index (χ1v) is 2.69. The van der Waals surface area contributed by atoms with Gasteiger partial charge in [0.15, 0.2) is 5.78 Å². The normalized spacial score (nSPS) is 8.82. The Morgan fingerprint density at radius 2 is 1.82 bits per heavy atom. The number of aliphatic carboxylic acids is 1. The molecule has 0 heterocycles. The van der Waals surface area contributed by atoms with Crippen LogP contribution in [0, 0.1) is 0 Å². The number of carboxylic acids is 1. The van der Waals surface area contributed by atoms with Crippen molar-refractivity contribution in [1.29, 1.82) is 0 Å². The lowest BCUT2D eigenvalue weighted by Gasteiger charge is -1.94. The zero-order valence-corrected chi connectivity index (χ0v) is 5.57. The van der Waals surface area contributed by atoms with Gasteiger partial charge in [0.2, 0.25) is 0 Å². The van der Waals surface area contributed by atoms with Gasteiger partial charge in [-0.2, -0.15) is 5.90 Å². The molecule has 0 aliphatic heterocycles. The molecule has 62 valence electrons. The van der Waals surface area contributed by atoms with Crippen molar-refractivity contribution < 1.29 is 24.3 Å². The Labute approximate surface area is 61.9 Å². The molecule has 0 aromatic heterocycles. The maximum atomic E-state index is 10.5. The number of ketones is 1. The highest BCUT2D eigenvalue weighted by Crippen LogP contribution is 1.90. The van der Waals surface area contributed by atoms with Crippen molar-refractivity contribution >= 4 is 17.7 Å². The van der Waals surface area contributed by atoms with E-state index < -0.39 is 30.6 Å². The predicted molar refractivity (Wildman–Crippen MR) is 32.2 cm³/mol. The van der Waals surface area contributed by atoms with Crippen LogP contribution in [0.3, 0.4) is 0 Å². The molecule has 0 aliphatic carbocycles. The maximum absolute atomic E-state index is 10.5. The van der Waals surface area contributed by atoms with Gasteiger partial charge in [-0.25, -0.2) is 4.79 Å². The van der Waals surface area contributed by atoms with E-state index in [4.69, 9.17) is 5.11 Å². The van der Waals surface area contributed by atoms with Crippen LogP contribution in [0.15, 0.2) is 0 Å². The summed E-state index contributed by atoms with van der Waals surface area (Å²) in [6, 6.07) is 0. The molecule has 0 rings (SSSR count). The summed E-state index contributed by atoms with van der Waals surface area (Å²) in [5.74, 6) is 1.46. The third-order valence-corrected chi connectivity index (χ3v) is 0.821. The minimum absolute atomic E-state index is 0.594. The van der Waals surface area contributed by atoms with Crippen LogP contribution in [0.4, 0.5) is 0 Å². The lowest BCUT2D eigenvalue weighted by molar-refractivity contribution is -0.147. The zero-order chi connectivity index (χ0) is 8.85. The number of hydrogen-bond acceptors (Lipinski definition) is 5. The van der Waals surface area contributed by atoms with Gasteiger partial charge < -0.3 is 9.94 Å². The van der Waals surface area contributed by atoms with E-state index in [2.05, 4.69) is 10.7 Å². The van der Waals surface area contributed by atoms with E-state index in [9.17, 15) is 14.4 Å². The molecule has 0 bridgehead atoms. The Bertz CT molecular complexity index is 187. The Kier molecular flexibility index (Phi) is 3.82. The first kappa shape index (κ1) is 9.57. The molecule has 3 N–H and O–H groups in total. The van der Waals surface area contributed by atoms with E-state index in [1.54, 1.807) is 0 Å². The average molecular weight is 161 g/mol. The number of carbonyl (C=O) groups is 3. The van der Waals surface area contributed by atoms with E-state index in [1.807, 2.05) is 0 Å². The Balaban J connectivity index is 3.70. The van der Waals surface area contributed by atoms with Crippen molar-refractivity contribution in [2.45, 2.75) is 12.8 Å². The summed E-state index contributed by atoms with van der Waals surface area (Å²) >= 11 is 0. The number of hydrogen-bond donors (Lipinski definition) is 2. The lowest BCUT2D eigenvalue weighted by atomic mass is 10.2. The highest BCUT2D eigenvalue weighted by Gasteiger charge is 2.12. The van der Waals surface area contributed by atoms with Gasteiger partial charge >= 0.3 is 11.9 Å². The topological polar surface area (TPSA) is 107 Å². The predicted octanol–water partition coefficient (Wildman–Crippen LogP) is -1.16. The Hall–Kier alpha value is -1.43. The van der Waals surface area contributed by atoms with Crippen molar-refractivity contribution in [2.24, 2.45) is 5.90 Å². The smallest absolute Gasteiger partial charge is 0.331 e. The molecule has 0 amide bonds. The van der Waals surface area contributed by atoms with Crippen molar-refractivity contribution in [3.05, 3.63) is 0 Å². The molecule has 0 fully saturated rings. The second-order valence-electron chi connectivity index (χ2n) is 1.78. The Morgan fingerprint density at radius 3 is 2.18 bits per heavy atom. The standard InChI is InChI=1S/C5H7NO5/c6-11-5(10)2-3(7)1-4(8)9/h1-2,6H2,(H,8,9). The highest BCUT2D eigenvalue weighted by molar-refractivity contribution is 6.03. The van der Waals surface area contributed by atoms with Crippen LogP contribution in [0.1, 0.15) is 12.8 Å². The van der Waals surface area contributed by atoms with Crippen LogP contribution in [0.25, 0.3) is 0 Å². The summed E-state index contributed by atoms with van der Waals surface area (Å²) in [5.41, 5.74) is 0. The summed E-state index contributed by atoms with van der Waals surface area (Å²) in [6.45, 7) is 0. The fourth-order valence-electron chi connectivity index (χ4n) is 0.434. The molecule has 0 radical (unpaired) electrons. The van der Waals surface area contributed by atoms with E-state index in [0.717, 1.165) is 0 Å². The Morgan fingerprint density at radius 1 is 1.27 bits per heavy atom. The number of carbonyl (C=O) groups excluding carboxylic acids is 2. The summed E-state index contributed by atoms with van der Waals surface area (Å²) in [7, 11) is 0. The summed E-state index contributed by atoms with van der Waals surface area (Å²) < 4.78 is 0. The van der Waals surface area contributed by atoms with Crippen LogP contribution in [-0.4, -0.2) is 22.8 Å². The molecule has 0 aliphatic rings. The molecular formula is C5H7NO5. The van der Waals surface area contributed by atoms with Crippen molar-refractivity contribution in [3.63, 3.8) is 0 Å². The first-order valence-electron chi connectivity index (χ1n) is 2.69. The SMILES string of the molecule is NOC(=O)CC(=O)CC(=O)O. The fraction of sp³-hybridized carbons (Fsp3) is 0.400. The summed E-state index contributed by atoms with van der Waals surface area (Å²) in [5, 5.41) is 8.07. The van der Waals surface area contributed by atoms with Crippen LogP contribution in [0.5, 0.6) is 0 Å². The second-order valence-corrected chi connectivity index (χ2v) is 1.78. The third-order valence-electron chi connectivity index (χ3n) is 0.821. The van der Waals surface area contributed by atoms with Gasteiger partial charge in [0.25, 0.3) is 0 Å². The molecule has 0 saturated carbocycles. The molecule has 6 nitrogen and oxygen atoms in total. The minimum Gasteiger partial charge on any atom is -0.481 e. The highest BCUT2D eigenvalue weighted by atomic mass is 16.7. The maximum Gasteiger partial charge on any atom is 0.331 e. The third kappa shape index (κ3) is 5.04. The van der Waals surface area contributed by atoms with Crippen LogP contribution >= 0.6 is 0 Å². The van der Waals surface area contributed by atoms with Gasteiger partial charge in [-0.3, -0.25) is 9.59 Å². The van der Waals surface area contributed by atoms with Gasteiger partial charge in [0.05, 0.1) is 0 Å². The number of Topliss-reactive ketones (excluding diaryl/α,β-unsaturated/α-hetero) is 1. The molecule has 0 aromatic carbocycles. The van der Waals surface area contributed by atoms with E-state index >= 15 is 0 Å². The first-order chi connectivity index (χ1) is 5.06. The quantitative estimate of drug-likeness (QED) is 0.397. The van der Waals surface area contributed by atoms with Crippen LogP contribution < -0.4 is 5.90 Å². The van der Waals surface area contributed by atoms with Crippen LogP contribution in [0.2, 0.25) is 0 Å². The van der Waals surface area contributed by atoms with Crippen molar-refractivity contribution in [1.82, 2.24) is 0 Å². The van der Waals surface area contributed by atoms with E-state index in [-0.39, 0.29) is 0 Å². The number of carboxylic acid groups (broad SMARTS) is 1. The average Bonchev–Trinajstić information content (AvgIpc) is 1.85. The van der Waals surface area contributed by atoms with E-state index in [0.29, 0.717) is 0 Å². The molecule has 0 spiro atoms. The molecule has 6 heteroatoms. The monoisotopic (exact) mass is 161 g/mol. The summed E-state index contributed by atoms with van der Waals surface area (Å²) in [6.07, 6.45) is -1.28. The van der Waals surface area contributed by atoms with Gasteiger partial charge in [-0.15, -0.1) is 0 Å². The number of nitrogens with two attached hydrogens (primary N) is 1. The van der Waals surface area contributed by atoms with Gasteiger partial charge in [-0.1, -0.05) is 0 Å². The largest absolute Gasteiger partial charge is 0.481 e. The minimum atomic E-state index is -1.28. The molecule has 0 aromatic rings. The second kappa shape index (κ2) is 4.40. The molecule has 11 heavy (non-hydrogen) atoms. The molecule has 0 atom stereocenters. The molecule has 0 saturated heterocycles. The molecular weight excluding hydrogens is 154 g/mol.